The van der Waals surface area contributed by atoms with Crippen LogP contribution in [0.1, 0.15) is 35.9 Å². The summed E-state index contributed by atoms with van der Waals surface area (Å²) in [6, 6.07) is 3.94. The predicted molar refractivity (Wildman–Crippen MR) is 109 cm³/mol. The van der Waals surface area contributed by atoms with Crippen LogP contribution in [0, 0.1) is 0 Å². The highest BCUT2D eigenvalue weighted by atomic mass is 32.1. The minimum Gasteiger partial charge on any atom is -0.339 e. The largest absolute Gasteiger partial charge is 0.339 e. The van der Waals surface area contributed by atoms with Gasteiger partial charge >= 0.3 is 0 Å². The monoisotopic (exact) mass is 406 g/mol. The molecule has 0 bridgehead atoms. The summed E-state index contributed by atoms with van der Waals surface area (Å²) < 4.78 is 0. The number of hydrogen-bond acceptors (Lipinski definition) is 5. The molecule has 0 N–H and O–H groups in total. The Bertz CT molecular complexity index is 686. The van der Waals surface area contributed by atoms with E-state index in [0.29, 0.717) is 43.6 Å². The molecule has 1 unspecified atom stereocenters. The summed E-state index contributed by atoms with van der Waals surface area (Å²) in [6.45, 7) is 6.10. The number of likely N-dealkylation sites (tertiary alicyclic amines) is 1. The first-order chi connectivity index (χ1) is 13.5. The van der Waals surface area contributed by atoms with Gasteiger partial charge in [-0.2, -0.15) is 0 Å². The molecule has 0 aliphatic carbocycles. The fourth-order valence-electron chi connectivity index (χ4n) is 3.87. The van der Waals surface area contributed by atoms with Crippen LogP contribution >= 0.6 is 11.3 Å². The van der Waals surface area contributed by atoms with E-state index < -0.39 is 0 Å². The van der Waals surface area contributed by atoms with Gasteiger partial charge in [-0.25, -0.2) is 0 Å². The second-order valence-electron chi connectivity index (χ2n) is 7.73. The lowest BCUT2D eigenvalue weighted by Gasteiger charge is -2.38. The molecule has 0 spiro atoms. The Morgan fingerprint density at radius 2 is 1.86 bits per heavy atom. The summed E-state index contributed by atoms with van der Waals surface area (Å²) >= 11 is 1.38. The minimum atomic E-state index is -0.122. The van der Waals surface area contributed by atoms with Crippen molar-refractivity contribution >= 4 is 29.1 Å². The summed E-state index contributed by atoms with van der Waals surface area (Å²) in [4.78, 5) is 45.5. The zero-order valence-corrected chi connectivity index (χ0v) is 17.6. The first-order valence-corrected chi connectivity index (χ1v) is 10.9. The number of piperidine rings is 1. The van der Waals surface area contributed by atoms with Gasteiger partial charge in [-0.1, -0.05) is 6.07 Å². The maximum absolute atomic E-state index is 12.6. The van der Waals surface area contributed by atoms with Crippen LogP contribution in [0.5, 0.6) is 0 Å². The summed E-state index contributed by atoms with van der Waals surface area (Å²) in [7, 11) is 1.66. The smallest absolute Gasteiger partial charge is 0.264 e. The Kier molecular flexibility index (Phi) is 7.07. The van der Waals surface area contributed by atoms with Crippen LogP contribution in [0.15, 0.2) is 17.5 Å². The van der Waals surface area contributed by atoms with Gasteiger partial charge in [-0.15, -0.1) is 11.3 Å². The summed E-state index contributed by atoms with van der Waals surface area (Å²) in [6.07, 6.45) is 3.39. The van der Waals surface area contributed by atoms with Crippen LogP contribution in [0.2, 0.25) is 0 Å². The molecule has 3 amide bonds. The average Bonchev–Trinajstić information content (AvgIpc) is 3.23. The number of hydrogen-bond donors (Lipinski definition) is 0. The van der Waals surface area contributed by atoms with Crippen molar-refractivity contribution in [2.45, 2.75) is 32.2 Å². The van der Waals surface area contributed by atoms with Crippen molar-refractivity contribution in [3.63, 3.8) is 0 Å². The number of likely N-dealkylation sites (N-methyl/N-ethyl adjacent to an activating group) is 1. The second-order valence-corrected chi connectivity index (χ2v) is 8.68. The Morgan fingerprint density at radius 1 is 1.11 bits per heavy atom. The lowest BCUT2D eigenvalue weighted by atomic mass is 10.0. The molecule has 3 heterocycles. The van der Waals surface area contributed by atoms with Crippen molar-refractivity contribution in [1.82, 2.24) is 19.6 Å². The van der Waals surface area contributed by atoms with E-state index in [4.69, 9.17) is 0 Å². The minimum absolute atomic E-state index is 0.0389. The zero-order chi connectivity index (χ0) is 20.1. The van der Waals surface area contributed by atoms with Crippen LogP contribution < -0.4 is 0 Å². The van der Waals surface area contributed by atoms with Gasteiger partial charge in [0, 0.05) is 45.8 Å². The maximum atomic E-state index is 12.6. The van der Waals surface area contributed by atoms with Crippen molar-refractivity contribution in [1.29, 1.82) is 0 Å². The highest BCUT2D eigenvalue weighted by Gasteiger charge is 2.28. The average molecular weight is 407 g/mol. The summed E-state index contributed by atoms with van der Waals surface area (Å²) in [5.74, 6) is 0.0412. The highest BCUT2D eigenvalue weighted by Crippen LogP contribution is 2.17. The molecule has 3 rings (SSSR count). The zero-order valence-electron chi connectivity index (χ0n) is 16.8. The number of thiophene rings is 1. The van der Waals surface area contributed by atoms with E-state index in [-0.39, 0.29) is 24.3 Å². The lowest BCUT2D eigenvalue weighted by Crippen LogP contribution is -2.54. The molecule has 7 nitrogen and oxygen atoms in total. The van der Waals surface area contributed by atoms with E-state index in [1.165, 1.54) is 22.7 Å². The molecule has 2 fully saturated rings. The second kappa shape index (κ2) is 9.52. The van der Waals surface area contributed by atoms with Crippen LogP contribution in [-0.2, 0) is 9.59 Å². The van der Waals surface area contributed by atoms with Crippen LogP contribution in [0.25, 0.3) is 0 Å². The van der Waals surface area contributed by atoms with Crippen molar-refractivity contribution in [2.24, 2.45) is 0 Å². The maximum Gasteiger partial charge on any atom is 0.264 e. The van der Waals surface area contributed by atoms with Gasteiger partial charge in [0.25, 0.3) is 5.91 Å². The van der Waals surface area contributed by atoms with Gasteiger partial charge in [-0.3, -0.25) is 19.3 Å². The molecule has 1 atom stereocenters. The SMILES string of the molecule is CC1CCCCN1C(=O)CN1CCN(C(=O)CN(C)C(=O)c2cccs2)CC1. The summed E-state index contributed by atoms with van der Waals surface area (Å²) in [5.41, 5.74) is 0. The van der Waals surface area contributed by atoms with Gasteiger partial charge in [0.2, 0.25) is 11.8 Å². The third kappa shape index (κ3) is 5.11. The molecule has 154 valence electrons. The van der Waals surface area contributed by atoms with Crippen molar-refractivity contribution in [3.8, 4) is 0 Å². The van der Waals surface area contributed by atoms with E-state index >= 15 is 0 Å². The van der Waals surface area contributed by atoms with Crippen LogP contribution in [0.4, 0.5) is 0 Å². The number of rotatable bonds is 5. The van der Waals surface area contributed by atoms with Gasteiger partial charge in [0.1, 0.15) is 0 Å². The molecule has 1 aromatic heterocycles. The number of nitrogens with zero attached hydrogens (tertiary/aromatic N) is 4. The molecule has 28 heavy (non-hydrogen) atoms. The topological polar surface area (TPSA) is 64.2 Å². The van der Waals surface area contributed by atoms with E-state index in [2.05, 4.69) is 11.8 Å². The first kappa shape index (κ1) is 20.8. The van der Waals surface area contributed by atoms with Gasteiger partial charge in [0.15, 0.2) is 0 Å². The molecule has 0 aromatic carbocycles. The number of amides is 3. The number of carbonyl (C=O) groups is 3. The molecular weight excluding hydrogens is 376 g/mol. The van der Waals surface area contributed by atoms with Crippen molar-refractivity contribution < 1.29 is 14.4 Å². The fraction of sp³-hybridized carbons (Fsp3) is 0.650. The van der Waals surface area contributed by atoms with Gasteiger partial charge in [-0.05, 0) is 37.6 Å². The Labute approximate surface area is 170 Å². The van der Waals surface area contributed by atoms with Crippen LogP contribution in [0.3, 0.4) is 0 Å². The molecule has 1 aromatic rings. The standard InChI is InChI=1S/C20H30N4O3S/c1-16-6-3-4-8-24(16)19(26)15-22-9-11-23(12-10-22)18(25)14-21(2)20(27)17-7-5-13-28-17/h5,7,13,16H,3-4,6,8-12,14-15H2,1-2H3. The fourth-order valence-corrected chi connectivity index (χ4v) is 4.59. The van der Waals surface area contributed by atoms with Crippen molar-refractivity contribution in [2.75, 3.05) is 52.9 Å². The Morgan fingerprint density at radius 3 is 2.50 bits per heavy atom. The molecule has 2 aliphatic rings. The van der Waals surface area contributed by atoms with E-state index in [9.17, 15) is 14.4 Å². The molecular formula is C20H30N4O3S. The quantitative estimate of drug-likeness (QED) is 0.741. The Hall–Kier alpha value is -1.93. The van der Waals surface area contributed by atoms with Crippen LogP contribution in [-0.4, -0.2) is 96.2 Å². The molecule has 0 radical (unpaired) electrons. The van der Waals surface area contributed by atoms with E-state index in [0.717, 1.165) is 19.4 Å². The highest BCUT2D eigenvalue weighted by molar-refractivity contribution is 7.12. The molecule has 2 aliphatic heterocycles. The number of carbonyl (C=O) groups excluding carboxylic acids is 3. The molecule has 2 saturated heterocycles. The van der Waals surface area contributed by atoms with Crippen molar-refractivity contribution in [3.05, 3.63) is 22.4 Å². The van der Waals surface area contributed by atoms with Gasteiger partial charge in [0.05, 0.1) is 18.0 Å². The predicted octanol–water partition coefficient (Wildman–Crippen LogP) is 1.37. The summed E-state index contributed by atoms with van der Waals surface area (Å²) in [5, 5.41) is 1.86. The van der Waals surface area contributed by atoms with Gasteiger partial charge < -0.3 is 14.7 Å². The van der Waals surface area contributed by atoms with E-state index in [1.807, 2.05) is 16.3 Å². The molecule has 0 saturated carbocycles. The third-order valence-electron chi connectivity index (χ3n) is 5.66. The van der Waals surface area contributed by atoms with E-state index in [1.54, 1.807) is 18.0 Å². The lowest BCUT2D eigenvalue weighted by molar-refractivity contribution is -0.137. The first-order valence-electron chi connectivity index (χ1n) is 10.0. The Balaban J connectivity index is 1.42. The number of piperazine rings is 1. The third-order valence-corrected chi connectivity index (χ3v) is 6.52. The normalized spacial score (nSPS) is 20.9. The molecule has 8 heteroatoms.